The van der Waals surface area contributed by atoms with Crippen LogP contribution in [-0.4, -0.2) is 30.1 Å². The zero-order chi connectivity index (χ0) is 13.5. The summed E-state index contributed by atoms with van der Waals surface area (Å²) in [6.45, 7) is 3.52. The molecule has 1 atom stereocenters. The molecule has 0 saturated heterocycles. The molecule has 0 aromatic heterocycles. The quantitative estimate of drug-likeness (QED) is 0.608. The van der Waals surface area contributed by atoms with Crippen LogP contribution >= 0.6 is 0 Å². The number of hydrogen-bond acceptors (Lipinski definition) is 4. The smallest absolute Gasteiger partial charge is 0.328 e. The summed E-state index contributed by atoms with van der Waals surface area (Å²) in [5, 5.41) is 11.6. The summed E-state index contributed by atoms with van der Waals surface area (Å²) in [6, 6.07) is 4.97. The zero-order valence-electron chi connectivity index (χ0n) is 10.1. The Hall–Kier alpha value is -2.30. The molecule has 0 fully saturated rings. The molecule has 1 aromatic carbocycles. The Morgan fingerprint density at radius 2 is 2.06 bits per heavy atom. The van der Waals surface area contributed by atoms with Gasteiger partial charge in [-0.3, -0.25) is 4.79 Å². The van der Waals surface area contributed by atoms with Crippen LogP contribution < -0.4 is 5.32 Å². The van der Waals surface area contributed by atoms with Crippen LogP contribution in [-0.2, 0) is 9.53 Å². The van der Waals surface area contributed by atoms with Crippen LogP contribution in [0.2, 0.25) is 0 Å². The predicted molar refractivity (Wildman–Crippen MR) is 66.2 cm³/mol. The van der Waals surface area contributed by atoms with Gasteiger partial charge in [-0.25, -0.2) is 4.79 Å². The summed E-state index contributed by atoms with van der Waals surface area (Å²) in [6.07, 6.45) is 1.81. The Bertz CT molecular complexity index is 439. The van der Waals surface area contributed by atoms with Gasteiger partial charge in [-0.2, -0.15) is 0 Å². The van der Waals surface area contributed by atoms with Crippen molar-refractivity contribution in [2.24, 2.45) is 0 Å². The summed E-state index contributed by atoms with van der Waals surface area (Å²) in [4.78, 5) is 23.2. The molecule has 1 aromatic rings. The van der Waals surface area contributed by atoms with Gasteiger partial charge in [0.2, 0.25) is 0 Å². The number of hydrogen-bond donors (Lipinski definition) is 2. The minimum absolute atomic E-state index is 0.0714. The molecule has 0 radical (unpaired) electrons. The number of nitrogens with one attached hydrogen (secondary N) is 1. The highest BCUT2D eigenvalue weighted by Gasteiger charge is 2.20. The number of benzene rings is 1. The standard InChI is InChI=1S/C13H15NO4/c1-3-4-11(13(17)18-2)14-12(16)9-5-7-10(15)8-6-9/h3,5-8,11,15H,1,4H2,2H3,(H,14,16)/t11-/m0/s1. The SMILES string of the molecule is C=CC[C@H](NC(=O)c1ccc(O)cc1)C(=O)OC. The van der Waals surface area contributed by atoms with Crippen molar-refractivity contribution in [2.75, 3.05) is 7.11 Å². The van der Waals surface area contributed by atoms with Gasteiger partial charge >= 0.3 is 5.97 Å². The first-order chi connectivity index (χ1) is 8.58. The lowest BCUT2D eigenvalue weighted by Crippen LogP contribution is -2.41. The predicted octanol–water partition coefficient (Wildman–Crippen LogP) is 1.24. The molecule has 0 unspecified atom stereocenters. The molecule has 0 aliphatic rings. The number of carbonyl (C=O) groups is 2. The fraction of sp³-hybridized carbons (Fsp3) is 0.231. The van der Waals surface area contributed by atoms with Crippen molar-refractivity contribution in [3.05, 3.63) is 42.5 Å². The molecule has 1 amide bonds. The van der Waals surface area contributed by atoms with Gasteiger partial charge in [0.05, 0.1) is 7.11 Å². The molecule has 5 nitrogen and oxygen atoms in total. The normalized spacial score (nSPS) is 11.4. The fourth-order valence-electron chi connectivity index (χ4n) is 1.38. The lowest BCUT2D eigenvalue weighted by Gasteiger charge is -2.14. The number of amides is 1. The maximum absolute atomic E-state index is 11.8. The lowest BCUT2D eigenvalue weighted by molar-refractivity contribution is -0.142. The van der Waals surface area contributed by atoms with E-state index in [1.54, 1.807) is 0 Å². The van der Waals surface area contributed by atoms with Crippen LogP contribution in [0, 0.1) is 0 Å². The number of esters is 1. The molecule has 0 aliphatic carbocycles. The molecular weight excluding hydrogens is 234 g/mol. The second kappa shape index (κ2) is 6.44. The Morgan fingerprint density at radius 3 is 2.56 bits per heavy atom. The molecule has 0 bridgehead atoms. The molecule has 2 N–H and O–H groups in total. The number of phenols is 1. The van der Waals surface area contributed by atoms with Crippen LogP contribution in [0.15, 0.2) is 36.9 Å². The third-order valence-electron chi connectivity index (χ3n) is 2.32. The highest BCUT2D eigenvalue weighted by Crippen LogP contribution is 2.10. The van der Waals surface area contributed by atoms with E-state index in [9.17, 15) is 9.59 Å². The zero-order valence-corrected chi connectivity index (χ0v) is 10.1. The van der Waals surface area contributed by atoms with Crippen molar-refractivity contribution >= 4 is 11.9 Å². The van der Waals surface area contributed by atoms with E-state index in [4.69, 9.17) is 5.11 Å². The van der Waals surface area contributed by atoms with Gasteiger partial charge in [-0.15, -0.1) is 6.58 Å². The van der Waals surface area contributed by atoms with Crippen molar-refractivity contribution < 1.29 is 19.4 Å². The summed E-state index contributed by atoms with van der Waals surface area (Å²) in [5.74, 6) is -0.864. The molecule has 0 saturated carbocycles. The molecule has 0 spiro atoms. The number of aromatic hydroxyl groups is 1. The highest BCUT2D eigenvalue weighted by atomic mass is 16.5. The summed E-state index contributed by atoms with van der Waals surface area (Å²) < 4.78 is 4.58. The maximum Gasteiger partial charge on any atom is 0.328 e. The van der Waals surface area contributed by atoms with Gasteiger partial charge < -0.3 is 15.2 Å². The van der Waals surface area contributed by atoms with Crippen molar-refractivity contribution in [2.45, 2.75) is 12.5 Å². The van der Waals surface area contributed by atoms with E-state index in [1.165, 1.54) is 37.5 Å². The number of methoxy groups -OCH3 is 1. The average molecular weight is 249 g/mol. The minimum Gasteiger partial charge on any atom is -0.508 e. The van der Waals surface area contributed by atoms with E-state index in [0.29, 0.717) is 5.56 Å². The molecule has 18 heavy (non-hydrogen) atoms. The van der Waals surface area contributed by atoms with E-state index in [0.717, 1.165) is 0 Å². The number of ether oxygens (including phenoxy) is 1. The van der Waals surface area contributed by atoms with Crippen LogP contribution in [0.1, 0.15) is 16.8 Å². The van der Waals surface area contributed by atoms with Gasteiger partial charge in [-0.1, -0.05) is 6.08 Å². The molecule has 0 heterocycles. The summed E-state index contributed by atoms with van der Waals surface area (Å²) >= 11 is 0. The first kappa shape index (κ1) is 13.8. The molecular formula is C13H15NO4. The fourth-order valence-corrected chi connectivity index (χ4v) is 1.38. The van der Waals surface area contributed by atoms with Crippen molar-refractivity contribution in [1.29, 1.82) is 0 Å². The molecule has 96 valence electrons. The summed E-state index contributed by atoms with van der Waals surface area (Å²) in [5.41, 5.74) is 0.353. The Balaban J connectivity index is 2.74. The highest BCUT2D eigenvalue weighted by molar-refractivity contribution is 5.96. The molecule has 1 rings (SSSR count). The second-order valence-electron chi connectivity index (χ2n) is 3.62. The van der Waals surface area contributed by atoms with Crippen LogP contribution in [0.5, 0.6) is 5.75 Å². The first-order valence-corrected chi connectivity index (χ1v) is 5.37. The minimum atomic E-state index is -0.756. The lowest BCUT2D eigenvalue weighted by atomic mass is 10.1. The third kappa shape index (κ3) is 3.62. The monoisotopic (exact) mass is 249 g/mol. The largest absolute Gasteiger partial charge is 0.508 e. The van der Waals surface area contributed by atoms with Crippen molar-refractivity contribution in [1.82, 2.24) is 5.32 Å². The van der Waals surface area contributed by atoms with E-state index < -0.39 is 17.9 Å². The van der Waals surface area contributed by atoms with Crippen LogP contribution in [0.3, 0.4) is 0 Å². The number of carbonyl (C=O) groups excluding carboxylic acids is 2. The van der Waals surface area contributed by atoms with Gasteiger partial charge in [0, 0.05) is 5.56 Å². The van der Waals surface area contributed by atoms with Gasteiger partial charge in [0.25, 0.3) is 5.91 Å². The van der Waals surface area contributed by atoms with E-state index in [-0.39, 0.29) is 12.2 Å². The summed E-state index contributed by atoms with van der Waals surface area (Å²) in [7, 11) is 1.26. The van der Waals surface area contributed by atoms with Gasteiger partial charge in [0.15, 0.2) is 0 Å². The second-order valence-corrected chi connectivity index (χ2v) is 3.62. The molecule has 5 heteroatoms. The van der Waals surface area contributed by atoms with Crippen molar-refractivity contribution in [3.63, 3.8) is 0 Å². The third-order valence-corrected chi connectivity index (χ3v) is 2.32. The van der Waals surface area contributed by atoms with Crippen LogP contribution in [0.4, 0.5) is 0 Å². The van der Waals surface area contributed by atoms with E-state index >= 15 is 0 Å². The topological polar surface area (TPSA) is 75.6 Å². The number of phenolic OH excluding ortho intramolecular Hbond substituents is 1. The Labute approximate surface area is 105 Å². The average Bonchev–Trinajstić information content (AvgIpc) is 2.38. The van der Waals surface area contributed by atoms with Crippen LogP contribution in [0.25, 0.3) is 0 Å². The van der Waals surface area contributed by atoms with Gasteiger partial charge in [0.1, 0.15) is 11.8 Å². The first-order valence-electron chi connectivity index (χ1n) is 5.37. The van der Waals surface area contributed by atoms with E-state index in [2.05, 4.69) is 16.6 Å². The van der Waals surface area contributed by atoms with Crippen molar-refractivity contribution in [3.8, 4) is 5.75 Å². The Morgan fingerprint density at radius 1 is 1.44 bits per heavy atom. The molecule has 0 aliphatic heterocycles. The maximum atomic E-state index is 11.8. The Kier molecular flexibility index (Phi) is 4.92. The van der Waals surface area contributed by atoms with Gasteiger partial charge in [-0.05, 0) is 30.7 Å². The number of rotatable bonds is 5. The van der Waals surface area contributed by atoms with E-state index in [1.807, 2.05) is 0 Å².